The Morgan fingerprint density at radius 2 is 1.62 bits per heavy atom. The third-order valence-electron chi connectivity index (χ3n) is 2.36. The van der Waals surface area contributed by atoms with E-state index in [0.717, 1.165) is 0 Å². The molecule has 0 fully saturated rings. The molecule has 0 saturated heterocycles. The highest BCUT2D eigenvalue weighted by Crippen LogP contribution is 2.42. The topological polar surface area (TPSA) is 79.3 Å². The lowest BCUT2D eigenvalue weighted by Gasteiger charge is -2.14. The first-order valence-corrected chi connectivity index (χ1v) is 9.19. The number of aromatic carboxylic acids is 1. The van der Waals surface area contributed by atoms with E-state index in [4.69, 9.17) is 0 Å². The number of carboxylic acid groups (broad SMARTS) is 1. The highest BCUT2D eigenvalue weighted by molar-refractivity contribution is 9.15. The summed E-state index contributed by atoms with van der Waals surface area (Å²) in [6.07, 6.45) is 1.54. The Balaban J connectivity index is 2.61. The quantitative estimate of drug-likeness (QED) is 0.400. The molecular weight excluding hydrogens is 560 g/mol. The van der Waals surface area contributed by atoms with Crippen LogP contribution in [0.25, 0.3) is 0 Å². The molecule has 0 aliphatic carbocycles. The van der Waals surface area contributed by atoms with E-state index in [9.17, 15) is 14.7 Å². The minimum Gasteiger partial charge on any atom is -0.478 e. The van der Waals surface area contributed by atoms with Crippen molar-refractivity contribution < 1.29 is 14.7 Å². The van der Waals surface area contributed by atoms with Crippen LogP contribution >= 0.6 is 75.1 Å². The fourth-order valence-corrected chi connectivity index (χ4v) is 4.48. The summed E-state index contributed by atoms with van der Waals surface area (Å²) in [5.74, 6) is -1.79. The van der Waals surface area contributed by atoms with Crippen LogP contribution < -0.4 is 5.32 Å². The maximum absolute atomic E-state index is 12.4. The van der Waals surface area contributed by atoms with Crippen molar-refractivity contribution in [2.45, 2.75) is 0 Å². The predicted molar refractivity (Wildman–Crippen MR) is 94.3 cm³/mol. The molecule has 0 unspecified atom stereocenters. The monoisotopic (exact) mass is 560 g/mol. The highest BCUT2D eigenvalue weighted by Gasteiger charge is 2.28. The molecular formula is C11H4Br4N2O3S. The van der Waals surface area contributed by atoms with Crippen molar-refractivity contribution >= 4 is 92.1 Å². The highest BCUT2D eigenvalue weighted by atomic mass is 79.9. The molecule has 1 heterocycles. The molecule has 5 nitrogen and oxygen atoms in total. The number of halogens is 4. The smallest absolute Gasteiger partial charge is 0.337 e. The van der Waals surface area contributed by atoms with Crippen molar-refractivity contribution in [2.24, 2.45) is 0 Å². The van der Waals surface area contributed by atoms with Gasteiger partial charge in [-0.1, -0.05) is 0 Å². The number of rotatable bonds is 3. The third-order valence-corrected chi connectivity index (χ3v) is 7.82. The average Bonchev–Trinajstić information content (AvgIpc) is 2.92. The lowest BCUT2D eigenvalue weighted by molar-refractivity contribution is 0.0691. The van der Waals surface area contributed by atoms with Gasteiger partial charge in [-0.25, -0.2) is 9.78 Å². The molecule has 1 aromatic heterocycles. The number of nitrogens with zero attached hydrogens (tertiary/aromatic N) is 1. The van der Waals surface area contributed by atoms with Crippen LogP contribution in [-0.2, 0) is 0 Å². The number of nitrogens with one attached hydrogen (secondary N) is 1. The van der Waals surface area contributed by atoms with Crippen LogP contribution in [0.4, 0.5) is 5.13 Å². The fourth-order valence-electron chi connectivity index (χ4n) is 1.49. The number of thiazole rings is 1. The number of carbonyl (C=O) groups is 2. The van der Waals surface area contributed by atoms with Crippen molar-refractivity contribution in [2.75, 3.05) is 5.32 Å². The number of anilines is 1. The molecule has 10 heteroatoms. The van der Waals surface area contributed by atoms with Gasteiger partial charge in [-0.3, -0.25) is 10.1 Å². The van der Waals surface area contributed by atoms with Gasteiger partial charge in [0.15, 0.2) is 5.13 Å². The van der Waals surface area contributed by atoms with Gasteiger partial charge in [-0.15, -0.1) is 11.3 Å². The molecule has 0 aliphatic heterocycles. The average molecular weight is 564 g/mol. The maximum atomic E-state index is 12.4. The van der Waals surface area contributed by atoms with Gasteiger partial charge in [-0.2, -0.15) is 0 Å². The second kappa shape index (κ2) is 6.86. The number of aromatic nitrogens is 1. The second-order valence-corrected chi connectivity index (χ2v) is 7.67. The Kier molecular flexibility index (Phi) is 5.58. The zero-order valence-corrected chi connectivity index (χ0v) is 16.9. The molecule has 110 valence electrons. The van der Waals surface area contributed by atoms with E-state index in [1.807, 2.05) is 0 Å². The number of carbonyl (C=O) groups excluding carboxylic acids is 1. The van der Waals surface area contributed by atoms with E-state index in [1.54, 1.807) is 11.6 Å². The maximum Gasteiger partial charge on any atom is 0.337 e. The molecule has 0 aliphatic rings. The van der Waals surface area contributed by atoms with Crippen molar-refractivity contribution in [1.82, 2.24) is 4.98 Å². The Hall–Kier alpha value is -0.290. The summed E-state index contributed by atoms with van der Waals surface area (Å²) in [5, 5.41) is 14.0. The molecule has 0 saturated carbocycles. The normalized spacial score (nSPS) is 10.5. The fraction of sp³-hybridized carbons (Fsp3) is 0. The van der Waals surface area contributed by atoms with E-state index in [-0.39, 0.29) is 15.6 Å². The zero-order valence-electron chi connectivity index (χ0n) is 9.79. The molecule has 0 atom stereocenters. The van der Waals surface area contributed by atoms with Gasteiger partial charge in [0.2, 0.25) is 0 Å². The van der Waals surface area contributed by atoms with Crippen molar-refractivity contribution in [3.8, 4) is 0 Å². The molecule has 0 radical (unpaired) electrons. The first-order valence-electron chi connectivity index (χ1n) is 5.14. The zero-order chi connectivity index (χ0) is 15.7. The van der Waals surface area contributed by atoms with E-state index in [1.165, 1.54) is 11.3 Å². The lowest BCUT2D eigenvalue weighted by atomic mass is 10.1. The van der Waals surface area contributed by atoms with Crippen LogP contribution in [0.3, 0.4) is 0 Å². The van der Waals surface area contributed by atoms with Gasteiger partial charge in [-0.05, 0) is 63.7 Å². The second-order valence-electron chi connectivity index (χ2n) is 3.60. The molecule has 21 heavy (non-hydrogen) atoms. The molecule has 1 amide bonds. The summed E-state index contributed by atoms with van der Waals surface area (Å²) < 4.78 is 1.64. The summed E-state index contributed by atoms with van der Waals surface area (Å²) >= 11 is 14.2. The van der Waals surface area contributed by atoms with Gasteiger partial charge >= 0.3 is 5.97 Å². The van der Waals surface area contributed by atoms with Crippen LogP contribution in [0.2, 0.25) is 0 Å². The number of hydrogen-bond acceptors (Lipinski definition) is 4. The van der Waals surface area contributed by atoms with Crippen LogP contribution in [0.5, 0.6) is 0 Å². The first-order chi connectivity index (χ1) is 9.84. The summed E-state index contributed by atoms with van der Waals surface area (Å²) in [4.78, 5) is 27.8. The molecule has 0 spiro atoms. The first kappa shape index (κ1) is 17.1. The van der Waals surface area contributed by atoms with Crippen molar-refractivity contribution in [3.63, 3.8) is 0 Å². The van der Waals surface area contributed by atoms with E-state index >= 15 is 0 Å². The van der Waals surface area contributed by atoms with Gasteiger partial charge < -0.3 is 5.11 Å². The minimum absolute atomic E-state index is 0.000324. The summed E-state index contributed by atoms with van der Waals surface area (Å²) in [5.41, 5.74) is -0.148. The predicted octanol–water partition coefficient (Wildman–Crippen LogP) is 5.14. The largest absolute Gasteiger partial charge is 0.478 e. The van der Waals surface area contributed by atoms with Gasteiger partial charge in [0.1, 0.15) is 0 Å². The standard InChI is InChI=1S/C11H4Br4N2O3S/c12-5-3(9(18)17-11-16-1-2-21-11)4(10(19)20)6(13)8(15)7(5)14/h1-2H,(H,19,20)(H,16,17,18). The summed E-state index contributed by atoms with van der Waals surface area (Å²) in [6.45, 7) is 0. The summed E-state index contributed by atoms with van der Waals surface area (Å²) in [7, 11) is 0. The minimum atomic E-state index is -1.22. The summed E-state index contributed by atoms with van der Waals surface area (Å²) in [6, 6.07) is 0. The van der Waals surface area contributed by atoms with Gasteiger partial charge in [0.05, 0.1) is 11.1 Å². The Morgan fingerprint density at radius 1 is 1.05 bits per heavy atom. The lowest BCUT2D eigenvalue weighted by Crippen LogP contribution is -2.18. The Labute approximate surface area is 156 Å². The Morgan fingerprint density at radius 3 is 2.10 bits per heavy atom. The molecule has 2 rings (SSSR count). The molecule has 2 N–H and O–H groups in total. The van der Waals surface area contributed by atoms with Gasteiger partial charge in [0.25, 0.3) is 5.91 Å². The van der Waals surface area contributed by atoms with Crippen molar-refractivity contribution in [3.05, 3.63) is 40.6 Å². The molecule has 0 bridgehead atoms. The van der Waals surface area contributed by atoms with Crippen LogP contribution in [0, 0.1) is 0 Å². The van der Waals surface area contributed by atoms with Crippen LogP contribution in [0.15, 0.2) is 29.5 Å². The Bertz CT molecular complexity index is 734. The SMILES string of the molecule is O=C(O)c1c(Br)c(Br)c(Br)c(Br)c1C(=O)Nc1nccs1. The van der Waals surface area contributed by atoms with Crippen LogP contribution in [0.1, 0.15) is 20.7 Å². The van der Waals surface area contributed by atoms with Gasteiger partial charge in [0, 0.05) is 29.5 Å². The number of benzene rings is 1. The molecule has 2 aromatic rings. The van der Waals surface area contributed by atoms with E-state index < -0.39 is 11.9 Å². The van der Waals surface area contributed by atoms with E-state index in [0.29, 0.717) is 18.5 Å². The third kappa shape index (κ3) is 3.39. The van der Waals surface area contributed by atoms with Crippen LogP contribution in [-0.4, -0.2) is 22.0 Å². The molecule has 1 aromatic carbocycles. The number of amides is 1. The number of hydrogen-bond donors (Lipinski definition) is 2. The van der Waals surface area contributed by atoms with Crippen molar-refractivity contribution in [1.29, 1.82) is 0 Å². The number of carboxylic acids is 1. The van der Waals surface area contributed by atoms with E-state index in [2.05, 4.69) is 74.0 Å².